The van der Waals surface area contributed by atoms with Crippen molar-refractivity contribution in [1.82, 2.24) is 4.31 Å². The second-order valence-corrected chi connectivity index (χ2v) is 10.1. The molecule has 1 aliphatic rings. The monoisotopic (exact) mass is 493 g/mol. The second kappa shape index (κ2) is 9.94. The van der Waals surface area contributed by atoms with Crippen LogP contribution in [0, 0.1) is 0 Å². The van der Waals surface area contributed by atoms with Crippen LogP contribution in [0.25, 0.3) is 0 Å². The lowest BCUT2D eigenvalue weighted by molar-refractivity contribution is 0.102. The van der Waals surface area contributed by atoms with E-state index in [-0.39, 0.29) is 16.4 Å². The molecular weight excluding hydrogens is 466 g/mol. The number of sulfonamides is 1. The molecule has 0 spiro atoms. The van der Waals surface area contributed by atoms with Crippen molar-refractivity contribution in [2.45, 2.75) is 38.0 Å². The maximum absolute atomic E-state index is 12.8. The van der Waals surface area contributed by atoms with Gasteiger partial charge in [-0.15, -0.1) is 0 Å². The number of hydrogen-bond donors (Lipinski definition) is 1. The molecule has 1 heterocycles. The molecule has 1 amide bonds. The molecule has 0 radical (unpaired) electrons. The normalized spacial score (nSPS) is 14.7. The molecule has 1 aliphatic heterocycles. The number of hydrogen-bond acceptors (Lipinski definition) is 4. The van der Waals surface area contributed by atoms with E-state index in [4.69, 9.17) is 0 Å². The van der Waals surface area contributed by atoms with E-state index in [0.717, 1.165) is 18.8 Å². The smallest absolute Gasteiger partial charge is 0.256 e. The second-order valence-electron chi connectivity index (χ2n) is 7.28. The lowest BCUT2D eigenvalue weighted by Gasteiger charge is -2.28. The molecule has 0 saturated carbocycles. The number of nitrogens with one attached hydrogen (secondary N) is 1. The molecule has 1 saturated heterocycles. The third-order valence-electron chi connectivity index (χ3n) is 5.37. The zero-order chi connectivity index (χ0) is 21.7. The average Bonchev–Trinajstić information content (AvgIpc) is 2.75. The van der Waals surface area contributed by atoms with Crippen molar-refractivity contribution in [2.75, 3.05) is 36.4 Å². The molecule has 1 fully saturated rings. The van der Waals surface area contributed by atoms with Gasteiger partial charge in [-0.2, -0.15) is 4.31 Å². The van der Waals surface area contributed by atoms with Crippen LogP contribution in [0.5, 0.6) is 0 Å². The molecule has 2 aromatic carbocycles. The lowest BCUT2D eigenvalue weighted by atomic mass is 10.1. The molecule has 0 aromatic heterocycles. The van der Waals surface area contributed by atoms with Gasteiger partial charge in [0, 0.05) is 42.0 Å². The van der Waals surface area contributed by atoms with E-state index in [9.17, 15) is 13.2 Å². The third-order valence-corrected chi connectivity index (χ3v) is 8.11. The van der Waals surface area contributed by atoms with Gasteiger partial charge in [0.05, 0.1) is 10.5 Å². The van der Waals surface area contributed by atoms with Crippen molar-refractivity contribution in [3.05, 3.63) is 52.5 Å². The van der Waals surface area contributed by atoms with Gasteiger partial charge in [-0.3, -0.25) is 4.79 Å². The Bertz CT molecular complexity index is 983. The highest BCUT2D eigenvalue weighted by atomic mass is 79.9. The highest BCUT2D eigenvalue weighted by molar-refractivity contribution is 9.10. The molecule has 2 aromatic rings. The van der Waals surface area contributed by atoms with Crippen LogP contribution in [0.3, 0.4) is 0 Å². The summed E-state index contributed by atoms with van der Waals surface area (Å²) in [5, 5.41) is 2.87. The predicted octanol–water partition coefficient (Wildman–Crippen LogP) is 4.72. The van der Waals surface area contributed by atoms with Crippen molar-refractivity contribution in [2.24, 2.45) is 0 Å². The van der Waals surface area contributed by atoms with Gasteiger partial charge < -0.3 is 10.2 Å². The van der Waals surface area contributed by atoms with Crippen LogP contribution in [0.2, 0.25) is 0 Å². The molecule has 0 aliphatic carbocycles. The van der Waals surface area contributed by atoms with E-state index in [0.29, 0.717) is 23.2 Å². The highest BCUT2D eigenvalue weighted by Crippen LogP contribution is 2.26. The van der Waals surface area contributed by atoms with Gasteiger partial charge >= 0.3 is 0 Å². The molecule has 1 N–H and O–H groups in total. The minimum absolute atomic E-state index is 0.111. The zero-order valence-corrected chi connectivity index (χ0v) is 19.8. The predicted molar refractivity (Wildman–Crippen MR) is 125 cm³/mol. The first-order chi connectivity index (χ1) is 14.4. The fourth-order valence-electron chi connectivity index (χ4n) is 3.66. The molecule has 0 atom stereocenters. The van der Waals surface area contributed by atoms with Crippen molar-refractivity contribution in [3.63, 3.8) is 0 Å². The quantitative estimate of drug-likeness (QED) is 0.605. The highest BCUT2D eigenvalue weighted by Gasteiger charge is 2.24. The van der Waals surface area contributed by atoms with Gasteiger partial charge in [0.25, 0.3) is 5.91 Å². The Morgan fingerprint density at radius 3 is 2.27 bits per heavy atom. The van der Waals surface area contributed by atoms with Gasteiger partial charge in [-0.05, 0) is 77.7 Å². The Morgan fingerprint density at radius 2 is 1.67 bits per heavy atom. The third kappa shape index (κ3) is 5.04. The maximum Gasteiger partial charge on any atom is 0.256 e. The van der Waals surface area contributed by atoms with Crippen molar-refractivity contribution in [1.29, 1.82) is 0 Å². The number of carbonyl (C=O) groups excluding carboxylic acids is 1. The average molecular weight is 494 g/mol. The van der Waals surface area contributed by atoms with E-state index in [2.05, 4.69) is 26.1 Å². The molecular formula is C22H28BrN3O3S. The largest absolute Gasteiger partial charge is 0.372 e. The molecule has 3 rings (SSSR count). The molecule has 162 valence electrons. The summed E-state index contributed by atoms with van der Waals surface area (Å²) >= 11 is 3.37. The Kier molecular flexibility index (Phi) is 7.55. The minimum atomic E-state index is -3.64. The van der Waals surface area contributed by atoms with Crippen LogP contribution in [-0.2, 0) is 10.0 Å². The number of amides is 1. The standard InChI is InChI=1S/C22H28BrN3O3S/c1-3-26(4-2)30(28,29)19-12-13-21(23)20(16-19)22(27)24-17-8-10-18(11-9-17)25-14-6-5-7-15-25/h8-13,16H,3-7,14-15H2,1-2H3,(H,24,27). The molecule has 8 heteroatoms. The summed E-state index contributed by atoms with van der Waals surface area (Å²) in [5.41, 5.74) is 2.11. The van der Waals surface area contributed by atoms with Crippen LogP contribution in [0.1, 0.15) is 43.5 Å². The summed E-state index contributed by atoms with van der Waals surface area (Å²) in [5.74, 6) is -0.357. The Morgan fingerprint density at radius 1 is 1.03 bits per heavy atom. The van der Waals surface area contributed by atoms with Crippen LogP contribution in [0.15, 0.2) is 51.8 Å². The summed E-state index contributed by atoms with van der Waals surface area (Å²) in [6.45, 7) is 6.46. The Hall–Kier alpha value is -1.90. The number of benzene rings is 2. The SMILES string of the molecule is CCN(CC)S(=O)(=O)c1ccc(Br)c(C(=O)Nc2ccc(N3CCCCC3)cc2)c1. The van der Waals surface area contributed by atoms with Crippen molar-refractivity contribution in [3.8, 4) is 0 Å². The topological polar surface area (TPSA) is 69.7 Å². The van der Waals surface area contributed by atoms with Gasteiger partial charge in [0.15, 0.2) is 0 Å². The fraction of sp³-hybridized carbons (Fsp3) is 0.409. The van der Waals surface area contributed by atoms with Crippen LogP contribution >= 0.6 is 15.9 Å². The molecule has 0 unspecified atom stereocenters. The maximum atomic E-state index is 12.8. The number of piperidine rings is 1. The number of nitrogens with zero attached hydrogens (tertiary/aromatic N) is 2. The first-order valence-electron chi connectivity index (χ1n) is 10.3. The van der Waals surface area contributed by atoms with E-state index in [1.54, 1.807) is 19.9 Å². The van der Waals surface area contributed by atoms with Gasteiger partial charge in [0.2, 0.25) is 10.0 Å². The van der Waals surface area contributed by atoms with E-state index in [1.807, 2.05) is 24.3 Å². The van der Waals surface area contributed by atoms with Crippen LogP contribution in [0.4, 0.5) is 11.4 Å². The summed E-state index contributed by atoms with van der Waals surface area (Å²) in [4.78, 5) is 15.3. The summed E-state index contributed by atoms with van der Waals surface area (Å²) in [7, 11) is -3.64. The van der Waals surface area contributed by atoms with Crippen LogP contribution < -0.4 is 10.2 Å². The lowest BCUT2D eigenvalue weighted by Crippen LogP contribution is -2.30. The summed E-state index contributed by atoms with van der Waals surface area (Å²) in [6.07, 6.45) is 3.70. The molecule has 0 bridgehead atoms. The van der Waals surface area contributed by atoms with E-state index >= 15 is 0 Å². The molecule has 6 nitrogen and oxygen atoms in total. The van der Waals surface area contributed by atoms with E-state index < -0.39 is 10.0 Å². The van der Waals surface area contributed by atoms with Gasteiger partial charge in [-0.25, -0.2) is 8.42 Å². The number of halogens is 1. The fourth-order valence-corrected chi connectivity index (χ4v) is 5.57. The number of carbonyl (C=O) groups is 1. The zero-order valence-electron chi connectivity index (χ0n) is 17.4. The Labute approximate surface area is 187 Å². The van der Waals surface area contributed by atoms with Crippen LogP contribution in [-0.4, -0.2) is 44.8 Å². The van der Waals surface area contributed by atoms with Crippen molar-refractivity contribution >= 4 is 43.2 Å². The van der Waals surface area contributed by atoms with Crippen molar-refractivity contribution < 1.29 is 13.2 Å². The summed E-state index contributed by atoms with van der Waals surface area (Å²) < 4.78 is 27.5. The summed E-state index contributed by atoms with van der Waals surface area (Å²) in [6, 6.07) is 12.3. The Balaban J connectivity index is 1.78. The number of anilines is 2. The minimum Gasteiger partial charge on any atom is -0.372 e. The first kappa shape index (κ1) is 22.8. The van der Waals surface area contributed by atoms with Gasteiger partial charge in [0.1, 0.15) is 0 Å². The number of rotatable bonds is 7. The van der Waals surface area contributed by atoms with Gasteiger partial charge in [-0.1, -0.05) is 13.8 Å². The molecule has 30 heavy (non-hydrogen) atoms. The van der Waals surface area contributed by atoms with E-state index in [1.165, 1.54) is 35.7 Å². The first-order valence-corrected chi connectivity index (χ1v) is 12.6.